The van der Waals surface area contributed by atoms with Crippen molar-refractivity contribution in [3.63, 3.8) is 0 Å². The summed E-state index contributed by atoms with van der Waals surface area (Å²) in [5.74, 6) is 6.46. The molecule has 0 saturated carbocycles. The van der Waals surface area contributed by atoms with Crippen molar-refractivity contribution in [2.75, 3.05) is 25.2 Å². The zero-order chi connectivity index (χ0) is 12.4. The molecule has 1 aliphatic rings. The molecule has 17 heavy (non-hydrogen) atoms. The molecule has 0 aliphatic carbocycles. The lowest BCUT2D eigenvalue weighted by Gasteiger charge is -2.24. The van der Waals surface area contributed by atoms with Crippen LogP contribution in [0, 0.1) is 6.92 Å². The van der Waals surface area contributed by atoms with Gasteiger partial charge in [-0.15, -0.1) is 0 Å². The fraction of sp³-hybridized carbons (Fsp3) is 0.364. The van der Waals surface area contributed by atoms with Crippen LogP contribution >= 0.6 is 0 Å². The minimum Gasteiger partial charge on any atom is -0.486 e. The highest BCUT2D eigenvalue weighted by Gasteiger charge is 2.18. The number of hydrazine groups is 1. The van der Waals surface area contributed by atoms with Gasteiger partial charge in [0.25, 0.3) is 0 Å². The van der Waals surface area contributed by atoms with E-state index in [1.165, 1.54) is 4.90 Å². The van der Waals surface area contributed by atoms with E-state index >= 15 is 0 Å². The second-order valence-electron chi connectivity index (χ2n) is 3.79. The van der Waals surface area contributed by atoms with Crippen LogP contribution in [0.4, 0.5) is 10.5 Å². The monoisotopic (exact) mass is 237 g/mol. The van der Waals surface area contributed by atoms with Crippen LogP contribution in [0.2, 0.25) is 0 Å². The molecule has 1 heterocycles. The van der Waals surface area contributed by atoms with E-state index in [1.54, 1.807) is 13.1 Å². The number of fused-ring (bicyclic) bond motifs is 1. The van der Waals surface area contributed by atoms with Gasteiger partial charge in [-0.3, -0.25) is 10.3 Å². The van der Waals surface area contributed by atoms with Gasteiger partial charge < -0.3 is 9.47 Å². The highest BCUT2D eigenvalue weighted by Crippen LogP contribution is 2.36. The van der Waals surface area contributed by atoms with Crippen LogP contribution in [0.3, 0.4) is 0 Å². The fourth-order valence-corrected chi connectivity index (χ4v) is 1.75. The minimum absolute atomic E-state index is 0.384. The molecule has 1 aliphatic heterocycles. The standard InChI is InChI=1S/C11H15N3O3/c1-7-5-9-10(17-4-3-16-9)6-8(7)14(2)11(15)13-12/h5-6H,3-4,12H2,1-2H3,(H,13,15). The van der Waals surface area contributed by atoms with E-state index in [2.05, 4.69) is 5.43 Å². The lowest BCUT2D eigenvalue weighted by Crippen LogP contribution is -2.41. The molecule has 2 amide bonds. The van der Waals surface area contributed by atoms with E-state index in [4.69, 9.17) is 15.3 Å². The largest absolute Gasteiger partial charge is 0.486 e. The van der Waals surface area contributed by atoms with Gasteiger partial charge in [0.15, 0.2) is 11.5 Å². The van der Waals surface area contributed by atoms with Gasteiger partial charge in [-0.05, 0) is 18.6 Å². The zero-order valence-corrected chi connectivity index (χ0v) is 9.82. The third-order valence-electron chi connectivity index (χ3n) is 2.65. The number of anilines is 1. The number of carbonyl (C=O) groups is 1. The summed E-state index contributed by atoms with van der Waals surface area (Å²) in [5.41, 5.74) is 3.74. The molecular formula is C11H15N3O3. The topological polar surface area (TPSA) is 76.8 Å². The van der Waals surface area contributed by atoms with Crippen molar-refractivity contribution < 1.29 is 14.3 Å². The van der Waals surface area contributed by atoms with Gasteiger partial charge in [0.2, 0.25) is 0 Å². The Hall–Kier alpha value is -1.95. The summed E-state index contributed by atoms with van der Waals surface area (Å²) < 4.78 is 10.9. The maximum atomic E-state index is 11.5. The Morgan fingerprint density at radius 3 is 2.53 bits per heavy atom. The van der Waals surface area contributed by atoms with Gasteiger partial charge in [-0.1, -0.05) is 0 Å². The molecule has 1 aromatic carbocycles. The lowest BCUT2D eigenvalue weighted by molar-refractivity contribution is 0.171. The highest BCUT2D eigenvalue weighted by atomic mass is 16.6. The molecule has 0 unspecified atom stereocenters. The van der Waals surface area contributed by atoms with Crippen LogP contribution in [0.15, 0.2) is 12.1 Å². The first-order valence-corrected chi connectivity index (χ1v) is 5.28. The number of ether oxygens (including phenoxy) is 2. The van der Waals surface area contributed by atoms with E-state index < -0.39 is 0 Å². The highest BCUT2D eigenvalue weighted by molar-refractivity contribution is 5.92. The molecule has 6 heteroatoms. The molecule has 0 saturated heterocycles. The van der Waals surface area contributed by atoms with Crippen molar-refractivity contribution in [3.05, 3.63) is 17.7 Å². The van der Waals surface area contributed by atoms with Gasteiger partial charge in [-0.25, -0.2) is 10.6 Å². The molecule has 1 aromatic rings. The summed E-state index contributed by atoms with van der Waals surface area (Å²) in [6.45, 7) is 2.96. The Bertz CT molecular complexity index is 448. The zero-order valence-electron chi connectivity index (χ0n) is 9.82. The van der Waals surface area contributed by atoms with E-state index in [0.29, 0.717) is 24.7 Å². The van der Waals surface area contributed by atoms with Crippen molar-refractivity contribution in [2.24, 2.45) is 5.84 Å². The summed E-state index contributed by atoms with van der Waals surface area (Å²) in [7, 11) is 1.64. The van der Waals surface area contributed by atoms with Gasteiger partial charge in [-0.2, -0.15) is 0 Å². The Labute approximate surface area is 99.3 Å². The van der Waals surface area contributed by atoms with Gasteiger partial charge >= 0.3 is 6.03 Å². The number of hydrogen-bond acceptors (Lipinski definition) is 4. The van der Waals surface area contributed by atoms with E-state index in [9.17, 15) is 4.79 Å². The molecule has 6 nitrogen and oxygen atoms in total. The molecule has 0 fully saturated rings. The Morgan fingerprint density at radius 2 is 1.94 bits per heavy atom. The van der Waals surface area contributed by atoms with Crippen molar-refractivity contribution in [1.82, 2.24) is 5.43 Å². The van der Waals surface area contributed by atoms with Crippen molar-refractivity contribution in [1.29, 1.82) is 0 Å². The molecular weight excluding hydrogens is 222 g/mol. The predicted molar refractivity (Wildman–Crippen MR) is 63.3 cm³/mol. The van der Waals surface area contributed by atoms with E-state index in [-0.39, 0.29) is 6.03 Å². The van der Waals surface area contributed by atoms with Gasteiger partial charge in [0.05, 0.1) is 5.69 Å². The Kier molecular flexibility index (Phi) is 3.06. The summed E-state index contributed by atoms with van der Waals surface area (Å²) >= 11 is 0. The van der Waals surface area contributed by atoms with Crippen LogP contribution in [0.25, 0.3) is 0 Å². The number of carbonyl (C=O) groups excluding carboxylic acids is 1. The number of nitrogens with two attached hydrogens (primary N) is 1. The summed E-state index contributed by atoms with van der Waals surface area (Å²) in [6, 6.07) is 3.24. The smallest absolute Gasteiger partial charge is 0.335 e. The molecule has 2 rings (SSSR count). The number of amides is 2. The lowest BCUT2D eigenvalue weighted by atomic mass is 10.1. The molecule has 3 N–H and O–H groups in total. The molecule has 0 atom stereocenters. The number of hydrogen-bond donors (Lipinski definition) is 2. The minimum atomic E-state index is -0.384. The van der Waals surface area contributed by atoms with Crippen molar-refractivity contribution in [2.45, 2.75) is 6.92 Å². The van der Waals surface area contributed by atoms with Crippen molar-refractivity contribution in [3.8, 4) is 11.5 Å². The summed E-state index contributed by atoms with van der Waals surface area (Å²) in [4.78, 5) is 12.9. The SMILES string of the molecule is Cc1cc2c(cc1N(C)C(=O)NN)OCCO2. The predicted octanol–water partition coefficient (Wildman–Crippen LogP) is 0.786. The third-order valence-corrected chi connectivity index (χ3v) is 2.65. The number of benzene rings is 1. The maximum absolute atomic E-state index is 11.5. The number of nitrogens with zero attached hydrogens (tertiary/aromatic N) is 1. The first-order valence-electron chi connectivity index (χ1n) is 5.28. The maximum Gasteiger partial charge on any atom is 0.335 e. The average Bonchev–Trinajstić information content (AvgIpc) is 2.36. The number of rotatable bonds is 1. The molecule has 0 spiro atoms. The quantitative estimate of drug-likeness (QED) is 0.430. The molecule has 0 radical (unpaired) electrons. The van der Waals surface area contributed by atoms with E-state index in [1.807, 2.05) is 13.0 Å². The van der Waals surface area contributed by atoms with Crippen LogP contribution < -0.4 is 25.6 Å². The Morgan fingerprint density at radius 1 is 1.35 bits per heavy atom. The summed E-state index contributed by atoms with van der Waals surface area (Å²) in [6.07, 6.45) is 0. The first kappa shape index (κ1) is 11.5. The average molecular weight is 237 g/mol. The normalized spacial score (nSPS) is 13.1. The molecule has 92 valence electrons. The number of nitrogens with one attached hydrogen (secondary N) is 1. The second kappa shape index (κ2) is 4.50. The van der Waals surface area contributed by atoms with Crippen molar-refractivity contribution >= 4 is 11.7 Å². The van der Waals surface area contributed by atoms with Gasteiger partial charge in [0.1, 0.15) is 13.2 Å². The third kappa shape index (κ3) is 2.12. The van der Waals surface area contributed by atoms with Gasteiger partial charge in [0, 0.05) is 13.1 Å². The first-order chi connectivity index (χ1) is 8.13. The molecule has 0 aromatic heterocycles. The van der Waals surface area contributed by atoms with Crippen LogP contribution in [0.5, 0.6) is 11.5 Å². The number of aryl methyl sites for hydroxylation is 1. The fourth-order valence-electron chi connectivity index (χ4n) is 1.75. The van der Waals surface area contributed by atoms with Crippen LogP contribution in [-0.4, -0.2) is 26.3 Å². The second-order valence-corrected chi connectivity index (χ2v) is 3.79. The van der Waals surface area contributed by atoms with Crippen LogP contribution in [0.1, 0.15) is 5.56 Å². The molecule has 0 bridgehead atoms. The van der Waals surface area contributed by atoms with E-state index in [0.717, 1.165) is 11.3 Å². The van der Waals surface area contributed by atoms with Crippen LogP contribution in [-0.2, 0) is 0 Å². The Balaban J connectivity index is 2.37. The summed E-state index contributed by atoms with van der Waals surface area (Å²) in [5, 5.41) is 0. The number of urea groups is 1.